The molecule has 166 valence electrons. The van der Waals surface area contributed by atoms with Gasteiger partial charge in [0.25, 0.3) is 0 Å². The van der Waals surface area contributed by atoms with Gasteiger partial charge < -0.3 is 5.32 Å². The maximum atomic E-state index is 4.35. The number of aromatic nitrogens is 3. The Morgan fingerprint density at radius 3 is 2.00 bits per heavy atom. The summed E-state index contributed by atoms with van der Waals surface area (Å²) in [5.74, 6) is 0. The van der Waals surface area contributed by atoms with Crippen molar-refractivity contribution in [3.63, 3.8) is 0 Å². The van der Waals surface area contributed by atoms with Crippen LogP contribution in [0.1, 0.15) is 93.6 Å². The van der Waals surface area contributed by atoms with Crippen LogP contribution in [-0.4, -0.2) is 15.4 Å². The van der Waals surface area contributed by atoms with Crippen LogP contribution in [0.25, 0.3) is 0 Å². The van der Waals surface area contributed by atoms with Gasteiger partial charge in [-0.05, 0) is 54.5 Å². The topological polar surface area (TPSA) is 53.6 Å². The van der Waals surface area contributed by atoms with Crippen molar-refractivity contribution < 1.29 is 0 Å². The van der Waals surface area contributed by atoms with Gasteiger partial charge in [0.05, 0.1) is 12.2 Å². The lowest BCUT2D eigenvalue weighted by atomic mass is 10.00. The molecule has 1 unspecified atom stereocenters. The van der Waals surface area contributed by atoms with Crippen molar-refractivity contribution in [1.29, 1.82) is 0 Å². The first kappa shape index (κ1) is 23.1. The third-order valence-corrected chi connectivity index (χ3v) is 5.95. The molecule has 4 nitrogen and oxygen atoms in total. The van der Waals surface area contributed by atoms with Gasteiger partial charge in [-0.25, -0.2) is 0 Å². The average molecular weight is 419 g/mol. The van der Waals surface area contributed by atoms with E-state index < -0.39 is 0 Å². The van der Waals surface area contributed by atoms with E-state index in [4.69, 9.17) is 0 Å². The molecule has 2 aromatic carbocycles. The molecule has 0 saturated heterocycles. The lowest BCUT2D eigenvalue weighted by molar-refractivity contribution is 0.607. The Balaban J connectivity index is 1.60. The summed E-state index contributed by atoms with van der Waals surface area (Å²) in [6.07, 6.45) is 14.6. The highest BCUT2D eigenvalue weighted by Gasteiger charge is 2.17. The van der Waals surface area contributed by atoms with Crippen LogP contribution in [0, 0.1) is 0 Å². The summed E-state index contributed by atoms with van der Waals surface area (Å²) in [4.78, 5) is 0. The van der Waals surface area contributed by atoms with Crippen molar-refractivity contribution in [2.75, 3.05) is 5.32 Å². The van der Waals surface area contributed by atoms with Crippen LogP contribution in [-0.2, 0) is 12.8 Å². The lowest BCUT2D eigenvalue weighted by Gasteiger charge is -2.19. The molecule has 31 heavy (non-hydrogen) atoms. The molecule has 0 aliphatic carbocycles. The number of hydrogen-bond acceptors (Lipinski definition) is 3. The average Bonchev–Trinajstić information content (AvgIpc) is 3.34. The second kappa shape index (κ2) is 12.9. The van der Waals surface area contributed by atoms with Gasteiger partial charge in [-0.15, -0.1) is 0 Å². The monoisotopic (exact) mass is 418 g/mol. The van der Waals surface area contributed by atoms with Crippen molar-refractivity contribution >= 4 is 5.69 Å². The number of hydrogen-bond donors (Lipinski definition) is 2. The Hall–Kier alpha value is -2.62. The number of aromatic amines is 1. The standard InChI is InChI=1S/C27H38N4/c1-3-5-7-8-9-10-12-23-15-19-25(20-16-23)29-27(26-21-28-31-30-26)24-17-13-22(14-18-24)11-6-4-2/h13-21,27,29H,3-12H2,1-2H3,(H,28,30,31). The maximum Gasteiger partial charge on any atom is 0.109 e. The summed E-state index contributed by atoms with van der Waals surface area (Å²) < 4.78 is 0. The first-order chi connectivity index (χ1) is 15.3. The van der Waals surface area contributed by atoms with Gasteiger partial charge in [-0.1, -0.05) is 88.8 Å². The van der Waals surface area contributed by atoms with Crippen LogP contribution in [0.15, 0.2) is 54.7 Å². The number of nitrogens with zero attached hydrogens (tertiary/aromatic N) is 2. The SMILES string of the molecule is CCCCCCCCc1ccc(NC(c2ccc(CCCC)cc2)c2cn[nH]n2)cc1. The Labute approximate surface area is 187 Å². The van der Waals surface area contributed by atoms with E-state index in [0.29, 0.717) is 0 Å². The van der Waals surface area contributed by atoms with Gasteiger partial charge >= 0.3 is 0 Å². The van der Waals surface area contributed by atoms with Gasteiger partial charge in [0.15, 0.2) is 0 Å². The predicted molar refractivity (Wildman–Crippen MR) is 130 cm³/mol. The molecule has 3 rings (SSSR count). The van der Waals surface area contributed by atoms with Gasteiger partial charge in [0.2, 0.25) is 0 Å². The molecule has 1 aromatic heterocycles. The minimum absolute atomic E-state index is 0.0246. The van der Waals surface area contributed by atoms with E-state index >= 15 is 0 Å². The number of aryl methyl sites for hydroxylation is 2. The first-order valence-corrected chi connectivity index (χ1v) is 12.1. The Morgan fingerprint density at radius 1 is 0.742 bits per heavy atom. The summed E-state index contributed by atoms with van der Waals surface area (Å²) in [6.45, 7) is 4.50. The van der Waals surface area contributed by atoms with Crippen LogP contribution in [0.2, 0.25) is 0 Å². The van der Waals surface area contributed by atoms with E-state index in [2.05, 4.69) is 83.1 Å². The molecule has 0 radical (unpaired) electrons. The minimum Gasteiger partial charge on any atom is -0.373 e. The predicted octanol–water partition coefficient (Wildman–Crippen LogP) is 7.25. The van der Waals surface area contributed by atoms with E-state index in [1.54, 1.807) is 6.20 Å². The van der Waals surface area contributed by atoms with E-state index in [1.807, 2.05) is 0 Å². The third-order valence-electron chi connectivity index (χ3n) is 5.95. The van der Waals surface area contributed by atoms with E-state index in [-0.39, 0.29) is 6.04 Å². The highest BCUT2D eigenvalue weighted by Crippen LogP contribution is 2.26. The van der Waals surface area contributed by atoms with Gasteiger partial charge in [0, 0.05) is 5.69 Å². The van der Waals surface area contributed by atoms with Crippen LogP contribution in [0.5, 0.6) is 0 Å². The molecule has 0 saturated carbocycles. The van der Waals surface area contributed by atoms with Gasteiger partial charge in [-0.3, -0.25) is 0 Å². The zero-order valence-electron chi connectivity index (χ0n) is 19.2. The molecule has 2 N–H and O–H groups in total. The molecule has 0 spiro atoms. The Bertz CT molecular complexity index is 838. The largest absolute Gasteiger partial charge is 0.373 e. The molecule has 1 heterocycles. The number of anilines is 1. The summed E-state index contributed by atoms with van der Waals surface area (Å²) in [5.41, 5.74) is 6.01. The Morgan fingerprint density at radius 2 is 1.35 bits per heavy atom. The van der Waals surface area contributed by atoms with E-state index in [1.165, 1.54) is 74.5 Å². The molecular weight excluding hydrogens is 380 g/mol. The van der Waals surface area contributed by atoms with Crippen molar-refractivity contribution in [3.05, 3.63) is 77.1 Å². The minimum atomic E-state index is -0.0246. The highest BCUT2D eigenvalue weighted by molar-refractivity contribution is 5.49. The molecular formula is C27H38N4. The van der Waals surface area contributed by atoms with Crippen molar-refractivity contribution in [3.8, 4) is 0 Å². The summed E-state index contributed by atoms with van der Waals surface area (Å²) >= 11 is 0. The fourth-order valence-corrected chi connectivity index (χ4v) is 3.98. The molecule has 0 aliphatic heterocycles. The number of unbranched alkanes of at least 4 members (excludes halogenated alkanes) is 6. The summed E-state index contributed by atoms with van der Waals surface area (Å²) in [6, 6.07) is 17.8. The molecule has 0 amide bonds. The summed E-state index contributed by atoms with van der Waals surface area (Å²) in [7, 11) is 0. The van der Waals surface area contributed by atoms with Crippen molar-refractivity contribution in [2.24, 2.45) is 0 Å². The Kier molecular flexibility index (Phi) is 9.62. The number of H-pyrrole nitrogens is 1. The molecule has 0 fully saturated rings. The van der Waals surface area contributed by atoms with E-state index in [0.717, 1.165) is 17.8 Å². The normalized spacial score (nSPS) is 12.1. The molecule has 3 aromatic rings. The van der Waals surface area contributed by atoms with E-state index in [9.17, 15) is 0 Å². The number of benzene rings is 2. The zero-order chi connectivity index (χ0) is 21.7. The first-order valence-electron chi connectivity index (χ1n) is 12.1. The van der Waals surface area contributed by atoms with Gasteiger partial charge in [-0.2, -0.15) is 15.4 Å². The number of nitrogens with one attached hydrogen (secondary N) is 2. The van der Waals surface area contributed by atoms with Crippen LogP contribution in [0.3, 0.4) is 0 Å². The van der Waals surface area contributed by atoms with Crippen LogP contribution >= 0.6 is 0 Å². The van der Waals surface area contributed by atoms with Crippen molar-refractivity contribution in [1.82, 2.24) is 15.4 Å². The fourth-order valence-electron chi connectivity index (χ4n) is 3.98. The second-order valence-electron chi connectivity index (χ2n) is 8.53. The molecule has 1 atom stereocenters. The van der Waals surface area contributed by atoms with Gasteiger partial charge in [0.1, 0.15) is 5.69 Å². The second-order valence-corrected chi connectivity index (χ2v) is 8.53. The molecule has 0 aliphatic rings. The summed E-state index contributed by atoms with van der Waals surface area (Å²) in [5, 5.41) is 14.8. The third kappa shape index (κ3) is 7.54. The fraction of sp³-hybridized carbons (Fsp3) is 0.481. The van der Waals surface area contributed by atoms with Crippen LogP contribution < -0.4 is 5.32 Å². The van der Waals surface area contributed by atoms with Crippen molar-refractivity contribution in [2.45, 2.75) is 84.1 Å². The maximum absolute atomic E-state index is 4.35. The highest BCUT2D eigenvalue weighted by atomic mass is 15.3. The number of rotatable bonds is 14. The smallest absolute Gasteiger partial charge is 0.109 e. The molecule has 0 bridgehead atoms. The zero-order valence-corrected chi connectivity index (χ0v) is 19.2. The lowest BCUT2D eigenvalue weighted by Crippen LogP contribution is -2.13. The quantitative estimate of drug-likeness (QED) is 0.271. The van der Waals surface area contributed by atoms with Crippen LogP contribution in [0.4, 0.5) is 5.69 Å². The molecule has 4 heteroatoms.